The summed E-state index contributed by atoms with van der Waals surface area (Å²) in [5, 5.41) is 21.9. The van der Waals surface area contributed by atoms with E-state index in [0.29, 0.717) is 130 Å². The van der Waals surface area contributed by atoms with Crippen molar-refractivity contribution in [2.75, 3.05) is 90.9 Å². The van der Waals surface area contributed by atoms with Crippen molar-refractivity contribution >= 4 is 91.3 Å². The van der Waals surface area contributed by atoms with Crippen LogP contribution in [0.2, 0.25) is 0 Å². The normalized spacial score (nSPS) is 18.2. The number of amidine groups is 2. The maximum atomic E-state index is 14.3. The van der Waals surface area contributed by atoms with E-state index in [0.717, 1.165) is 50.5 Å². The predicted octanol–water partition coefficient (Wildman–Crippen LogP) is 12.4. The first-order valence-corrected chi connectivity index (χ1v) is 39.9. The zero-order valence-electron chi connectivity index (χ0n) is 68.2. The smallest absolute Gasteiger partial charge is 0.481 e. The highest BCUT2D eigenvalue weighted by Gasteiger charge is 2.52. The van der Waals surface area contributed by atoms with Gasteiger partial charge in [-0.2, -0.15) is 0 Å². The summed E-state index contributed by atoms with van der Waals surface area (Å²) in [5.74, 6) is 5.25. The van der Waals surface area contributed by atoms with Crippen LogP contribution in [0, 0.1) is 56.0 Å². The first kappa shape index (κ1) is 100. The molecule has 654 valence electrons. The number of nitrogens with zero attached hydrogens (tertiary/aromatic N) is 10. The zero-order valence-corrected chi connectivity index (χ0v) is 72.1. The third-order valence-corrected chi connectivity index (χ3v) is 21.2. The monoisotopic (exact) mass is 1820 g/mol. The van der Waals surface area contributed by atoms with Crippen molar-refractivity contribution in [3.05, 3.63) is 185 Å². The number of nitrogens with two attached hydrogens (primary N) is 4. The summed E-state index contributed by atoms with van der Waals surface area (Å²) >= 11 is 12.2. The molecule has 37 heteroatoms. The number of hydrogen-bond donors (Lipinski definition) is 9. The summed E-state index contributed by atoms with van der Waals surface area (Å²) in [6.07, 6.45) is 1.53. The van der Waals surface area contributed by atoms with Gasteiger partial charge in [0.15, 0.2) is 23.2 Å². The molecule has 30 nitrogen and oxygen atoms in total. The van der Waals surface area contributed by atoms with Crippen LogP contribution in [0.5, 0.6) is 11.8 Å². The van der Waals surface area contributed by atoms with Gasteiger partial charge in [-0.1, -0.05) is 111 Å². The van der Waals surface area contributed by atoms with Gasteiger partial charge in [-0.25, -0.2) is 69.9 Å². The van der Waals surface area contributed by atoms with Crippen molar-refractivity contribution in [3.63, 3.8) is 0 Å². The number of aryl methyl sites for hydroxylation is 3. The van der Waals surface area contributed by atoms with Crippen LogP contribution in [0.3, 0.4) is 0 Å². The summed E-state index contributed by atoms with van der Waals surface area (Å²) < 4.78 is 86.7. The predicted molar refractivity (Wildman–Crippen MR) is 468 cm³/mol. The number of nitrogens with one attached hydrogen (secondary N) is 3. The van der Waals surface area contributed by atoms with Gasteiger partial charge in [-0.15, -0.1) is 0 Å². The van der Waals surface area contributed by atoms with E-state index in [4.69, 9.17) is 92.7 Å². The number of aliphatic hydroxyl groups is 2. The van der Waals surface area contributed by atoms with Gasteiger partial charge in [0.1, 0.15) is 22.4 Å². The number of anilines is 3. The molecule has 0 aliphatic carbocycles. The minimum absolute atomic E-state index is 0. The van der Waals surface area contributed by atoms with Gasteiger partial charge in [0, 0.05) is 63.7 Å². The zero-order chi connectivity index (χ0) is 85.3. The Hall–Kier alpha value is -8.64. The number of ether oxygens (including phenoxy) is 6. The molecule has 6 aliphatic heterocycles. The van der Waals surface area contributed by atoms with Crippen molar-refractivity contribution in [3.8, 4) is 23.0 Å². The summed E-state index contributed by atoms with van der Waals surface area (Å²) in [6, 6.07) is 23.6. The van der Waals surface area contributed by atoms with Gasteiger partial charge in [0.25, 0.3) is 0 Å². The van der Waals surface area contributed by atoms with Crippen LogP contribution in [0.1, 0.15) is 177 Å². The third-order valence-electron chi connectivity index (χ3n) is 19.5. The molecule has 3 atom stereocenters. The Morgan fingerprint density at radius 2 is 0.983 bits per heavy atom. The number of pyridine rings is 2. The number of aliphatic hydroxyl groups excluding tert-OH is 2. The molecule has 8 aromatic rings. The van der Waals surface area contributed by atoms with Gasteiger partial charge in [0.05, 0.1) is 165 Å². The van der Waals surface area contributed by atoms with Crippen LogP contribution in [-0.2, 0) is 62.0 Å². The average Bonchev–Trinajstić information content (AvgIpc) is 1.46. The van der Waals surface area contributed by atoms with Gasteiger partial charge in [0.2, 0.25) is 29.6 Å². The Morgan fingerprint density at radius 3 is 1.46 bits per heavy atom. The molecule has 5 aromatic heterocycles. The minimum Gasteiger partial charge on any atom is -0.481 e. The number of methoxy groups -OCH3 is 2. The van der Waals surface area contributed by atoms with Gasteiger partial charge < -0.3 is 75.3 Å². The average molecular weight is 1820 g/mol. The summed E-state index contributed by atoms with van der Waals surface area (Å²) in [4.78, 5) is 60.6. The van der Waals surface area contributed by atoms with Crippen LogP contribution in [0.4, 0.5) is 31.0 Å². The van der Waals surface area contributed by atoms with E-state index < -0.39 is 36.5 Å². The lowest BCUT2D eigenvalue weighted by Gasteiger charge is -2.34. The standard InChI is InChI=1S/C24H27FN6O4.C21H25BrFN5O3.C14H12BrFN4S.C12H18BNO3.C7H15NO3.C2H6.3CH4/c1-13-22-20(30-24(26)27-13)9-19(29-23(22)31-35-12-14(10-32)11-33)16-7-6-15(25)8-17(16)18-4-3-5-21(28-18)34-2;1-11-18-17(27-20(24)25-11)7-16(14-5-4-13(23)6-15(14)22)26-19(18)28-31-10-12-8-29-21(2,3)30-9-12;1-6-12-11(20-14(17)18-6)5-10(19-13(12)21)8-3-2-7(16)4-9(8)15;1-11(2)12(3,4)17-13(16-11)9-7-6-8-10(14-9)15-5;1-7(2)9-3-6(4-10-7)5-11-8;1-2;;;/h3-8,14,19,32-33H,9-12H2,1-2H3,(H,29,31)(H2,26,27,30);4-6,12,16H,7-10H2,1-3H3,(H,26,28)(H2,24,25,27);2-4,10H,5H2,1H3,(H,19,21)(H2,17,18,20);6-8H,1-5H3;6H,3-5,8H2,1-2H3;1-2H3;3*1H4/t19-;16-;10-;;;;;;/m111....../s1. The summed E-state index contributed by atoms with van der Waals surface area (Å²) in [6.45, 7) is 28.0. The number of benzene rings is 3. The summed E-state index contributed by atoms with van der Waals surface area (Å²) in [5.41, 5.74) is 33.6. The number of aromatic nitrogens is 8. The van der Waals surface area contributed by atoms with Gasteiger partial charge >= 0.3 is 7.12 Å². The van der Waals surface area contributed by atoms with Crippen molar-refractivity contribution in [1.82, 2.24) is 56.1 Å². The third kappa shape index (κ3) is 26.4. The first-order chi connectivity index (χ1) is 55.6. The molecule has 13 N–H and O–H groups in total. The fourth-order valence-electron chi connectivity index (χ4n) is 12.7. The topological polar surface area (TPSA) is 410 Å². The number of halogens is 5. The van der Waals surface area contributed by atoms with Crippen LogP contribution in [0.25, 0.3) is 11.3 Å². The maximum Gasteiger partial charge on any atom is 0.514 e. The Labute approximate surface area is 723 Å². The second kappa shape index (κ2) is 45.0. The number of hydrogen-bond acceptors (Lipinski definition) is 30. The fraction of sp³-hybridized carbons (Fsp3) is 0.482. The van der Waals surface area contributed by atoms with E-state index in [-0.39, 0.29) is 107 Å². The molecule has 0 unspecified atom stereocenters. The van der Waals surface area contributed by atoms with Crippen molar-refractivity contribution in [1.29, 1.82) is 0 Å². The van der Waals surface area contributed by atoms with Crippen LogP contribution >= 0.6 is 44.1 Å². The quantitative estimate of drug-likeness (QED) is 0.0232. The number of aliphatic imine (C=N–C) groups is 2. The van der Waals surface area contributed by atoms with E-state index in [1.54, 1.807) is 56.5 Å². The highest BCUT2D eigenvalue weighted by molar-refractivity contribution is 9.10. The van der Waals surface area contributed by atoms with Gasteiger partial charge in [-0.3, -0.25) is 19.7 Å². The largest absolute Gasteiger partial charge is 0.514 e. The van der Waals surface area contributed by atoms with E-state index in [1.807, 2.05) is 95.2 Å². The molecule has 120 heavy (non-hydrogen) atoms. The van der Waals surface area contributed by atoms with Crippen LogP contribution < -0.4 is 54.4 Å². The molecule has 0 amide bonds. The van der Waals surface area contributed by atoms with Crippen molar-refractivity contribution in [2.45, 2.75) is 172 Å². The Morgan fingerprint density at radius 1 is 0.558 bits per heavy atom. The Kier molecular flexibility index (Phi) is 37.5. The molecule has 0 saturated carbocycles. The minimum atomic E-state index is -0.569. The molecule has 0 bridgehead atoms. The van der Waals surface area contributed by atoms with E-state index in [1.165, 1.54) is 43.5 Å². The number of thiocarbonyl (C=S) groups is 1. The fourth-order valence-corrected chi connectivity index (χ4v) is 14.4. The number of hydroxylamine groups is 2. The van der Waals surface area contributed by atoms with Gasteiger partial charge in [-0.05, 0) is 141 Å². The van der Waals surface area contributed by atoms with E-state index in [9.17, 15) is 23.4 Å². The first-order valence-electron chi connectivity index (χ1n) is 37.9. The van der Waals surface area contributed by atoms with E-state index >= 15 is 0 Å². The SMILES string of the molecule is C.C.C.CC.CC1(C)OCC(CON)CO1.COc1cccc(-c2cc(F)ccc2[C@H]2Cc3nc(N)nc(C)c3C(NOCC(CO)CO)=N2)n1.COc1cccc(B2OC(C)(C)C(C)(C)O2)n1.Cc1nc(N)nc2c1C(=S)N[C@@H](c1ccc(F)cc1Br)C2.Cc1nc(N)nc2c1C(NOCC1COC(C)(C)OC1)=N[C@@H](c1ccc(F)cc1Br)C2. The van der Waals surface area contributed by atoms with Crippen LogP contribution in [-0.4, -0.2) is 170 Å². The second-order valence-corrected chi connectivity index (χ2v) is 31.7. The van der Waals surface area contributed by atoms with E-state index in [2.05, 4.69) is 92.8 Å². The highest BCUT2D eigenvalue weighted by atomic mass is 79.9. The molecule has 3 saturated heterocycles. The molecule has 14 rings (SSSR count). The lowest BCUT2D eigenvalue weighted by molar-refractivity contribution is -0.267. The van der Waals surface area contributed by atoms with Crippen molar-refractivity contribution < 1.29 is 75.6 Å². The Balaban J connectivity index is 0.000000240. The van der Waals surface area contributed by atoms with Crippen LogP contribution in [0.15, 0.2) is 110 Å². The molecule has 6 aliphatic rings. The Bertz CT molecular complexity index is 4780. The highest BCUT2D eigenvalue weighted by Crippen LogP contribution is 2.40. The molecular formula is C83H115BBr2F3N17O13S. The molecule has 0 radical (unpaired) electrons. The summed E-state index contributed by atoms with van der Waals surface area (Å²) in [7, 11) is 2.68. The molecular weight excluding hydrogens is 1700 g/mol. The maximum absolute atomic E-state index is 14.3. The molecule has 3 fully saturated rings. The molecule has 0 spiro atoms. The number of rotatable bonds is 17. The lowest BCUT2D eigenvalue weighted by Crippen LogP contribution is -2.42. The molecule has 11 heterocycles. The second-order valence-electron chi connectivity index (χ2n) is 29.6. The number of fused-ring (bicyclic) bond motifs is 3. The molecule has 3 aromatic carbocycles. The lowest BCUT2D eigenvalue weighted by atomic mass is 9.84. The number of nitrogen functional groups attached to an aromatic ring is 3. The van der Waals surface area contributed by atoms with Crippen molar-refractivity contribution in [2.24, 2.45) is 33.6 Å².